The molecule has 1 aromatic carbocycles. The molecular formula is C22H25N5O3S. The first-order valence-electron chi connectivity index (χ1n) is 9.91. The Kier molecular flexibility index (Phi) is 6.06. The maximum atomic E-state index is 9.08. The summed E-state index contributed by atoms with van der Waals surface area (Å²) in [7, 11) is 3.23. The number of benzene rings is 1. The van der Waals surface area contributed by atoms with Gasteiger partial charge in [-0.15, -0.1) is 11.3 Å². The van der Waals surface area contributed by atoms with Crippen LogP contribution in [0.2, 0.25) is 0 Å². The van der Waals surface area contributed by atoms with E-state index in [1.165, 1.54) is 0 Å². The van der Waals surface area contributed by atoms with E-state index in [2.05, 4.69) is 38.8 Å². The summed E-state index contributed by atoms with van der Waals surface area (Å²) >= 11 is 1.67. The SMILES string of the molecule is COc1cc2nc(C)nc(NC(C)c3csc(-c4cnn(CCO)c4)c3)c2cc1OC. The molecule has 1 atom stereocenters. The lowest BCUT2D eigenvalue weighted by Gasteiger charge is -2.17. The van der Waals surface area contributed by atoms with Crippen molar-refractivity contribution in [1.82, 2.24) is 19.7 Å². The summed E-state index contributed by atoms with van der Waals surface area (Å²) in [5, 5.41) is 19.9. The van der Waals surface area contributed by atoms with Crippen LogP contribution in [0.15, 0.2) is 36.0 Å². The minimum absolute atomic E-state index is 0.0306. The quantitative estimate of drug-likeness (QED) is 0.428. The number of ether oxygens (including phenoxy) is 2. The smallest absolute Gasteiger partial charge is 0.162 e. The van der Waals surface area contributed by atoms with Crippen molar-refractivity contribution in [2.45, 2.75) is 26.4 Å². The second-order valence-electron chi connectivity index (χ2n) is 7.17. The van der Waals surface area contributed by atoms with Crippen molar-refractivity contribution >= 4 is 28.1 Å². The third kappa shape index (κ3) is 4.33. The van der Waals surface area contributed by atoms with E-state index in [9.17, 15) is 0 Å². The zero-order valence-electron chi connectivity index (χ0n) is 17.9. The van der Waals surface area contributed by atoms with Gasteiger partial charge in [0.25, 0.3) is 0 Å². The van der Waals surface area contributed by atoms with Crippen molar-refractivity contribution < 1.29 is 14.6 Å². The van der Waals surface area contributed by atoms with E-state index in [4.69, 9.17) is 14.6 Å². The van der Waals surface area contributed by atoms with Crippen LogP contribution in [0.3, 0.4) is 0 Å². The zero-order valence-corrected chi connectivity index (χ0v) is 18.7. The molecule has 31 heavy (non-hydrogen) atoms. The van der Waals surface area contributed by atoms with Gasteiger partial charge in [0.15, 0.2) is 11.5 Å². The Morgan fingerprint density at radius 3 is 2.68 bits per heavy atom. The van der Waals surface area contributed by atoms with E-state index in [0.717, 1.165) is 32.7 Å². The van der Waals surface area contributed by atoms with Gasteiger partial charge in [-0.1, -0.05) is 0 Å². The molecule has 8 nitrogen and oxygen atoms in total. The average molecular weight is 440 g/mol. The summed E-state index contributed by atoms with van der Waals surface area (Å²) in [6.07, 6.45) is 3.77. The van der Waals surface area contributed by atoms with Crippen LogP contribution in [0.5, 0.6) is 11.5 Å². The Balaban J connectivity index is 1.62. The number of methoxy groups -OCH3 is 2. The van der Waals surface area contributed by atoms with Crippen molar-refractivity contribution in [2.24, 2.45) is 0 Å². The highest BCUT2D eigenvalue weighted by Gasteiger charge is 2.16. The van der Waals surface area contributed by atoms with Crippen LogP contribution in [0, 0.1) is 6.92 Å². The molecule has 0 saturated heterocycles. The number of nitrogens with zero attached hydrogens (tertiary/aromatic N) is 4. The molecule has 0 fully saturated rings. The van der Waals surface area contributed by atoms with Crippen LogP contribution < -0.4 is 14.8 Å². The topological polar surface area (TPSA) is 94.3 Å². The first-order valence-corrected chi connectivity index (χ1v) is 10.8. The Morgan fingerprint density at radius 1 is 1.16 bits per heavy atom. The van der Waals surface area contributed by atoms with Crippen LogP contribution in [0.4, 0.5) is 5.82 Å². The Bertz CT molecular complexity index is 1200. The number of hydrogen-bond acceptors (Lipinski definition) is 8. The van der Waals surface area contributed by atoms with Gasteiger partial charge in [0.05, 0.1) is 45.1 Å². The first-order chi connectivity index (χ1) is 15.0. The molecule has 0 bridgehead atoms. The lowest BCUT2D eigenvalue weighted by molar-refractivity contribution is 0.269. The number of hydrogen-bond donors (Lipinski definition) is 2. The fraction of sp³-hybridized carbons (Fsp3) is 0.318. The van der Waals surface area contributed by atoms with Gasteiger partial charge in [0.1, 0.15) is 11.6 Å². The van der Waals surface area contributed by atoms with E-state index in [0.29, 0.717) is 23.9 Å². The molecule has 0 aliphatic carbocycles. The number of thiophene rings is 1. The zero-order chi connectivity index (χ0) is 22.0. The molecule has 0 aliphatic heterocycles. The molecule has 3 aromatic heterocycles. The number of aromatic nitrogens is 4. The highest BCUT2D eigenvalue weighted by Crippen LogP contribution is 2.36. The third-order valence-corrected chi connectivity index (χ3v) is 6.03. The number of fused-ring (bicyclic) bond motifs is 1. The summed E-state index contributed by atoms with van der Waals surface area (Å²) in [4.78, 5) is 10.3. The standard InChI is InChI=1S/C22H25N5O3S/c1-13(15-7-21(31-12-15)16-10-23-27(11-16)5-6-28)24-22-17-8-19(29-3)20(30-4)9-18(17)25-14(2)26-22/h7-13,28H,5-6H2,1-4H3,(H,24,25,26). The van der Waals surface area contributed by atoms with Crippen LogP contribution in [-0.4, -0.2) is 45.7 Å². The summed E-state index contributed by atoms with van der Waals surface area (Å²) < 4.78 is 12.6. The molecule has 0 amide bonds. The molecule has 0 radical (unpaired) electrons. The van der Waals surface area contributed by atoms with E-state index in [1.807, 2.05) is 31.5 Å². The fourth-order valence-electron chi connectivity index (χ4n) is 3.42. The molecular weight excluding hydrogens is 414 g/mol. The highest BCUT2D eigenvalue weighted by molar-refractivity contribution is 7.13. The lowest BCUT2D eigenvalue weighted by atomic mass is 10.1. The van der Waals surface area contributed by atoms with E-state index >= 15 is 0 Å². The maximum absolute atomic E-state index is 9.08. The van der Waals surface area contributed by atoms with Crippen LogP contribution in [0.25, 0.3) is 21.3 Å². The lowest BCUT2D eigenvalue weighted by Crippen LogP contribution is -2.09. The van der Waals surface area contributed by atoms with Crippen molar-refractivity contribution in [2.75, 3.05) is 26.1 Å². The fourth-order valence-corrected chi connectivity index (χ4v) is 4.40. The largest absolute Gasteiger partial charge is 0.493 e. The molecule has 4 aromatic rings. The average Bonchev–Trinajstić information content (AvgIpc) is 3.42. The van der Waals surface area contributed by atoms with Gasteiger partial charge >= 0.3 is 0 Å². The van der Waals surface area contributed by atoms with Crippen molar-refractivity contribution in [1.29, 1.82) is 0 Å². The molecule has 162 valence electrons. The monoisotopic (exact) mass is 439 g/mol. The summed E-state index contributed by atoms with van der Waals surface area (Å²) in [6.45, 7) is 4.54. The van der Waals surface area contributed by atoms with Crippen LogP contribution in [0.1, 0.15) is 24.4 Å². The number of aliphatic hydroxyl groups excluding tert-OH is 1. The third-order valence-electron chi connectivity index (χ3n) is 5.03. The van der Waals surface area contributed by atoms with Crippen LogP contribution >= 0.6 is 11.3 Å². The molecule has 0 saturated carbocycles. The Morgan fingerprint density at radius 2 is 1.94 bits per heavy atom. The molecule has 4 rings (SSSR count). The predicted molar refractivity (Wildman–Crippen MR) is 122 cm³/mol. The molecule has 0 spiro atoms. The van der Waals surface area contributed by atoms with Crippen molar-refractivity contribution in [3.8, 4) is 21.9 Å². The van der Waals surface area contributed by atoms with Gasteiger partial charge < -0.3 is 19.9 Å². The minimum Gasteiger partial charge on any atom is -0.493 e. The summed E-state index contributed by atoms with van der Waals surface area (Å²) in [5.41, 5.74) is 2.99. The number of aliphatic hydroxyl groups is 1. The molecule has 0 aliphatic rings. The van der Waals surface area contributed by atoms with Gasteiger partial charge in [0, 0.05) is 28.1 Å². The molecule has 3 heterocycles. The highest BCUT2D eigenvalue weighted by atomic mass is 32.1. The van der Waals surface area contributed by atoms with Crippen LogP contribution in [-0.2, 0) is 6.54 Å². The molecule has 1 unspecified atom stereocenters. The number of rotatable bonds is 8. The normalized spacial score (nSPS) is 12.2. The number of aryl methyl sites for hydroxylation is 1. The summed E-state index contributed by atoms with van der Waals surface area (Å²) in [5.74, 6) is 2.70. The predicted octanol–water partition coefficient (Wildman–Crippen LogP) is 4.05. The Hall–Kier alpha value is -3.17. The van der Waals surface area contributed by atoms with Crippen molar-refractivity contribution in [3.63, 3.8) is 0 Å². The number of nitrogens with one attached hydrogen (secondary N) is 1. The van der Waals surface area contributed by atoms with Gasteiger partial charge in [-0.2, -0.15) is 5.10 Å². The van der Waals surface area contributed by atoms with Gasteiger partial charge in [-0.25, -0.2) is 9.97 Å². The van der Waals surface area contributed by atoms with Gasteiger partial charge in [0.2, 0.25) is 0 Å². The van der Waals surface area contributed by atoms with Gasteiger partial charge in [-0.05, 0) is 36.9 Å². The Labute approximate surface area is 184 Å². The summed E-state index contributed by atoms with van der Waals surface area (Å²) in [6, 6.07) is 5.95. The van der Waals surface area contributed by atoms with Gasteiger partial charge in [-0.3, -0.25) is 4.68 Å². The first kappa shape index (κ1) is 21.1. The van der Waals surface area contributed by atoms with Crippen molar-refractivity contribution in [3.05, 3.63) is 47.4 Å². The van der Waals surface area contributed by atoms with E-state index in [-0.39, 0.29) is 12.6 Å². The second kappa shape index (κ2) is 8.91. The minimum atomic E-state index is 0.0306. The van der Waals surface area contributed by atoms with E-state index < -0.39 is 0 Å². The van der Waals surface area contributed by atoms with E-state index in [1.54, 1.807) is 30.2 Å². The molecule has 2 N–H and O–H groups in total. The second-order valence-corrected chi connectivity index (χ2v) is 8.08. The molecule has 9 heteroatoms. The number of anilines is 1. The maximum Gasteiger partial charge on any atom is 0.162 e.